The first-order valence-electron chi connectivity index (χ1n) is 4.69. The maximum Gasteiger partial charge on any atom is 0.301 e. The van der Waals surface area contributed by atoms with Gasteiger partial charge in [0, 0.05) is 18.0 Å². The van der Waals surface area contributed by atoms with Gasteiger partial charge in [0.15, 0.2) is 5.03 Å². The van der Waals surface area contributed by atoms with Crippen LogP contribution in [0.15, 0.2) is 47.6 Å². The van der Waals surface area contributed by atoms with Gasteiger partial charge in [0.2, 0.25) is 0 Å². The van der Waals surface area contributed by atoms with Crippen LogP contribution in [-0.4, -0.2) is 15.7 Å². The van der Waals surface area contributed by atoms with Gasteiger partial charge in [-0.25, -0.2) is 0 Å². The smallest absolute Gasteiger partial charge is 0.301 e. The largest absolute Gasteiger partial charge is 0.306 e. The van der Waals surface area contributed by atoms with E-state index in [1.54, 1.807) is 6.20 Å². The summed E-state index contributed by atoms with van der Waals surface area (Å²) in [5, 5.41) is 11.5. The molecule has 0 saturated carbocycles. The van der Waals surface area contributed by atoms with Crippen LogP contribution in [-0.2, 0) is 0 Å². The van der Waals surface area contributed by atoms with Crippen LogP contribution in [0.5, 0.6) is 0 Å². The molecular formula is C11H10N2O2S. The standard InChI is InChI=1S/C11H10N2O2S/c1-16-11-10(13(14)15)7-8-12(11)9-5-3-2-4-6-9/h2-8H,1H3. The van der Waals surface area contributed by atoms with Crippen LogP contribution >= 0.6 is 11.8 Å². The minimum atomic E-state index is -0.356. The molecule has 1 aromatic heterocycles. The Hall–Kier alpha value is -1.75. The fraction of sp³-hybridized carbons (Fsp3) is 0.0909. The van der Waals surface area contributed by atoms with Gasteiger partial charge >= 0.3 is 5.69 Å². The summed E-state index contributed by atoms with van der Waals surface area (Å²) in [4.78, 5) is 10.4. The second kappa shape index (κ2) is 4.40. The van der Waals surface area contributed by atoms with Crippen LogP contribution in [0.1, 0.15) is 0 Å². The molecule has 0 spiro atoms. The van der Waals surface area contributed by atoms with E-state index >= 15 is 0 Å². The maximum absolute atomic E-state index is 10.8. The molecule has 0 saturated heterocycles. The summed E-state index contributed by atoms with van der Waals surface area (Å²) < 4.78 is 1.82. The fourth-order valence-corrected chi connectivity index (χ4v) is 2.26. The summed E-state index contributed by atoms with van der Waals surface area (Å²) in [7, 11) is 0. The van der Waals surface area contributed by atoms with E-state index in [9.17, 15) is 10.1 Å². The molecule has 0 aliphatic heterocycles. The van der Waals surface area contributed by atoms with Gasteiger partial charge in [0.05, 0.1) is 4.92 Å². The van der Waals surface area contributed by atoms with E-state index in [4.69, 9.17) is 0 Å². The van der Waals surface area contributed by atoms with E-state index in [0.29, 0.717) is 5.03 Å². The van der Waals surface area contributed by atoms with Crippen molar-refractivity contribution < 1.29 is 4.92 Å². The van der Waals surface area contributed by atoms with E-state index in [1.807, 2.05) is 41.2 Å². The molecule has 0 atom stereocenters. The second-order valence-corrected chi connectivity index (χ2v) is 3.97. The van der Waals surface area contributed by atoms with Crippen molar-refractivity contribution in [2.75, 3.05) is 6.26 Å². The topological polar surface area (TPSA) is 48.1 Å². The molecule has 0 aliphatic rings. The molecule has 82 valence electrons. The quantitative estimate of drug-likeness (QED) is 0.465. The lowest BCUT2D eigenvalue weighted by molar-refractivity contribution is -0.387. The molecule has 4 nitrogen and oxygen atoms in total. The first-order chi connectivity index (χ1) is 7.74. The minimum Gasteiger partial charge on any atom is -0.306 e. The summed E-state index contributed by atoms with van der Waals surface area (Å²) >= 11 is 1.37. The molecule has 1 aromatic carbocycles. The van der Waals surface area contributed by atoms with E-state index in [-0.39, 0.29) is 10.6 Å². The zero-order chi connectivity index (χ0) is 11.5. The van der Waals surface area contributed by atoms with Crippen LogP contribution in [0.4, 0.5) is 5.69 Å². The number of aromatic nitrogens is 1. The van der Waals surface area contributed by atoms with Crippen molar-refractivity contribution in [2.24, 2.45) is 0 Å². The van der Waals surface area contributed by atoms with Gasteiger partial charge in [-0.3, -0.25) is 10.1 Å². The average Bonchev–Trinajstić information content (AvgIpc) is 2.73. The minimum absolute atomic E-state index is 0.149. The highest BCUT2D eigenvalue weighted by Crippen LogP contribution is 2.30. The van der Waals surface area contributed by atoms with Crippen LogP contribution in [0.3, 0.4) is 0 Å². The van der Waals surface area contributed by atoms with Crippen LogP contribution in [0, 0.1) is 10.1 Å². The van der Waals surface area contributed by atoms with Crippen molar-refractivity contribution >= 4 is 17.4 Å². The molecule has 16 heavy (non-hydrogen) atoms. The maximum atomic E-state index is 10.8. The molecule has 0 bridgehead atoms. The Morgan fingerprint density at radius 2 is 1.94 bits per heavy atom. The van der Waals surface area contributed by atoms with E-state index in [0.717, 1.165) is 5.69 Å². The van der Waals surface area contributed by atoms with Crippen molar-refractivity contribution in [3.8, 4) is 5.69 Å². The molecule has 0 unspecified atom stereocenters. The Morgan fingerprint density at radius 3 is 2.50 bits per heavy atom. The summed E-state index contributed by atoms with van der Waals surface area (Å²) in [5.41, 5.74) is 1.08. The first kappa shape index (κ1) is 10.8. The monoisotopic (exact) mass is 234 g/mol. The summed E-state index contributed by atoms with van der Waals surface area (Å²) in [6, 6.07) is 11.1. The average molecular weight is 234 g/mol. The predicted octanol–water partition coefficient (Wildman–Crippen LogP) is 3.11. The third-order valence-corrected chi connectivity index (χ3v) is 3.04. The lowest BCUT2D eigenvalue weighted by Crippen LogP contribution is -1.95. The second-order valence-electron chi connectivity index (χ2n) is 3.17. The predicted molar refractivity (Wildman–Crippen MR) is 64.2 cm³/mol. The van der Waals surface area contributed by atoms with Gasteiger partial charge in [0.25, 0.3) is 0 Å². The number of hydrogen-bond donors (Lipinski definition) is 0. The Bertz CT molecular complexity index is 508. The number of para-hydroxylation sites is 1. The van der Waals surface area contributed by atoms with Crippen molar-refractivity contribution in [1.82, 2.24) is 4.57 Å². The Kier molecular flexibility index (Phi) is 2.96. The molecule has 2 rings (SSSR count). The number of nitro groups is 1. The normalized spacial score (nSPS) is 10.3. The highest BCUT2D eigenvalue weighted by Gasteiger charge is 2.18. The number of hydrogen-bond acceptors (Lipinski definition) is 3. The summed E-state index contributed by atoms with van der Waals surface area (Å²) in [6.07, 6.45) is 3.56. The number of nitrogens with zero attached hydrogens (tertiary/aromatic N) is 2. The fourth-order valence-electron chi connectivity index (χ4n) is 1.54. The van der Waals surface area contributed by atoms with Crippen LogP contribution < -0.4 is 0 Å². The molecule has 0 N–H and O–H groups in total. The number of rotatable bonds is 3. The van der Waals surface area contributed by atoms with E-state index in [1.165, 1.54) is 17.8 Å². The van der Waals surface area contributed by atoms with Gasteiger partial charge in [0.1, 0.15) is 0 Å². The van der Waals surface area contributed by atoms with Gasteiger partial charge in [-0.15, -0.1) is 11.8 Å². The van der Waals surface area contributed by atoms with Crippen LogP contribution in [0.25, 0.3) is 5.69 Å². The lowest BCUT2D eigenvalue weighted by Gasteiger charge is -2.05. The van der Waals surface area contributed by atoms with Crippen LogP contribution in [0.2, 0.25) is 0 Å². The molecule has 0 radical (unpaired) electrons. The first-order valence-corrected chi connectivity index (χ1v) is 5.91. The number of benzene rings is 1. The van der Waals surface area contributed by atoms with Gasteiger partial charge in [-0.05, 0) is 18.4 Å². The molecule has 5 heteroatoms. The third kappa shape index (κ3) is 1.81. The van der Waals surface area contributed by atoms with Crippen molar-refractivity contribution in [1.29, 1.82) is 0 Å². The SMILES string of the molecule is CSc1c([N+](=O)[O-])ccn1-c1ccccc1. The van der Waals surface area contributed by atoms with Gasteiger partial charge < -0.3 is 4.57 Å². The Morgan fingerprint density at radius 1 is 1.25 bits per heavy atom. The van der Waals surface area contributed by atoms with Crippen molar-refractivity contribution in [2.45, 2.75) is 5.03 Å². The third-order valence-electron chi connectivity index (χ3n) is 2.24. The van der Waals surface area contributed by atoms with Gasteiger partial charge in [-0.2, -0.15) is 0 Å². The molecular weight excluding hydrogens is 224 g/mol. The summed E-state index contributed by atoms with van der Waals surface area (Å²) in [5.74, 6) is 0. The number of thioether (sulfide) groups is 1. The highest BCUT2D eigenvalue weighted by molar-refractivity contribution is 7.98. The Labute approximate surface area is 97.0 Å². The van der Waals surface area contributed by atoms with Gasteiger partial charge in [-0.1, -0.05) is 18.2 Å². The highest BCUT2D eigenvalue weighted by atomic mass is 32.2. The van der Waals surface area contributed by atoms with E-state index < -0.39 is 0 Å². The van der Waals surface area contributed by atoms with E-state index in [2.05, 4.69) is 0 Å². The van der Waals surface area contributed by atoms with Crippen molar-refractivity contribution in [3.63, 3.8) is 0 Å². The summed E-state index contributed by atoms with van der Waals surface area (Å²) in [6.45, 7) is 0. The lowest BCUT2D eigenvalue weighted by atomic mass is 10.3. The Balaban J connectivity index is 2.54. The zero-order valence-corrected chi connectivity index (χ0v) is 9.48. The molecule has 0 aliphatic carbocycles. The molecule has 0 fully saturated rings. The molecule has 2 aromatic rings. The van der Waals surface area contributed by atoms with Crippen molar-refractivity contribution in [3.05, 3.63) is 52.7 Å². The molecule has 1 heterocycles. The zero-order valence-electron chi connectivity index (χ0n) is 8.66. The molecule has 0 amide bonds.